The molecule has 0 saturated carbocycles. The molecular formula is C15H13N3O5S. The van der Waals surface area contributed by atoms with E-state index in [0.717, 1.165) is 0 Å². The SMILES string of the molecule is O=C1Cc2cc(S(=O)(=O)Nc3ccc(C(=O)NO)cc3)ccc2N1. The zero-order valence-corrected chi connectivity index (χ0v) is 13.1. The van der Waals surface area contributed by atoms with E-state index in [1.54, 1.807) is 6.07 Å². The van der Waals surface area contributed by atoms with Gasteiger partial charge in [0.15, 0.2) is 0 Å². The fourth-order valence-electron chi connectivity index (χ4n) is 2.34. The maximum atomic E-state index is 12.4. The molecule has 0 bridgehead atoms. The van der Waals surface area contributed by atoms with E-state index in [0.29, 0.717) is 11.3 Å². The van der Waals surface area contributed by atoms with Gasteiger partial charge in [-0.05, 0) is 48.0 Å². The van der Waals surface area contributed by atoms with E-state index in [-0.39, 0.29) is 28.5 Å². The molecule has 2 aromatic rings. The molecule has 0 unspecified atom stereocenters. The first kappa shape index (κ1) is 16.0. The van der Waals surface area contributed by atoms with Gasteiger partial charge in [0.2, 0.25) is 5.91 Å². The summed E-state index contributed by atoms with van der Waals surface area (Å²) in [5, 5.41) is 11.2. The van der Waals surface area contributed by atoms with Crippen molar-refractivity contribution < 1.29 is 23.2 Å². The third-order valence-electron chi connectivity index (χ3n) is 3.51. The molecule has 3 rings (SSSR count). The fourth-order valence-corrected chi connectivity index (χ4v) is 3.45. The van der Waals surface area contributed by atoms with Crippen molar-refractivity contribution >= 4 is 33.2 Å². The van der Waals surface area contributed by atoms with Gasteiger partial charge in [-0.1, -0.05) is 0 Å². The lowest BCUT2D eigenvalue weighted by molar-refractivity contribution is -0.115. The van der Waals surface area contributed by atoms with Crippen LogP contribution in [0.1, 0.15) is 15.9 Å². The van der Waals surface area contributed by atoms with Crippen molar-refractivity contribution in [1.82, 2.24) is 5.48 Å². The monoisotopic (exact) mass is 347 g/mol. The van der Waals surface area contributed by atoms with Crippen LogP contribution in [0.4, 0.5) is 11.4 Å². The van der Waals surface area contributed by atoms with E-state index >= 15 is 0 Å². The zero-order valence-electron chi connectivity index (χ0n) is 12.2. The number of carbonyl (C=O) groups is 2. The second-order valence-electron chi connectivity index (χ2n) is 5.17. The number of anilines is 2. The number of hydrogen-bond acceptors (Lipinski definition) is 5. The van der Waals surface area contributed by atoms with Crippen LogP contribution in [-0.4, -0.2) is 25.4 Å². The predicted molar refractivity (Wildman–Crippen MR) is 85.3 cm³/mol. The summed E-state index contributed by atoms with van der Waals surface area (Å²) in [6, 6.07) is 9.94. The van der Waals surface area contributed by atoms with Gasteiger partial charge < -0.3 is 5.32 Å². The molecule has 1 aliphatic rings. The second-order valence-corrected chi connectivity index (χ2v) is 6.85. The minimum absolute atomic E-state index is 0.0370. The Morgan fingerprint density at radius 3 is 2.50 bits per heavy atom. The molecule has 2 aromatic carbocycles. The minimum Gasteiger partial charge on any atom is -0.326 e. The molecule has 8 nitrogen and oxygen atoms in total. The van der Waals surface area contributed by atoms with E-state index in [1.165, 1.54) is 41.9 Å². The van der Waals surface area contributed by atoms with E-state index in [4.69, 9.17) is 5.21 Å². The molecule has 0 aliphatic carbocycles. The van der Waals surface area contributed by atoms with Gasteiger partial charge in [-0.2, -0.15) is 0 Å². The van der Waals surface area contributed by atoms with Gasteiger partial charge in [0.05, 0.1) is 11.3 Å². The summed E-state index contributed by atoms with van der Waals surface area (Å²) in [6.07, 6.45) is 0.143. The molecule has 4 N–H and O–H groups in total. The number of amides is 2. The van der Waals surface area contributed by atoms with E-state index in [2.05, 4.69) is 10.0 Å². The quantitative estimate of drug-likeness (QED) is 0.487. The number of sulfonamides is 1. The summed E-state index contributed by atoms with van der Waals surface area (Å²) >= 11 is 0. The largest absolute Gasteiger partial charge is 0.326 e. The Kier molecular flexibility index (Phi) is 3.96. The number of carbonyl (C=O) groups excluding carboxylic acids is 2. The maximum absolute atomic E-state index is 12.4. The van der Waals surface area contributed by atoms with Crippen LogP contribution in [0.5, 0.6) is 0 Å². The molecular weight excluding hydrogens is 334 g/mol. The van der Waals surface area contributed by atoms with Gasteiger partial charge in [-0.3, -0.25) is 19.5 Å². The van der Waals surface area contributed by atoms with Crippen molar-refractivity contribution in [3.8, 4) is 0 Å². The Balaban J connectivity index is 1.83. The van der Waals surface area contributed by atoms with Crippen molar-refractivity contribution in [1.29, 1.82) is 0 Å². The third-order valence-corrected chi connectivity index (χ3v) is 4.89. The lowest BCUT2D eigenvalue weighted by Crippen LogP contribution is -2.18. The molecule has 0 spiro atoms. The van der Waals surface area contributed by atoms with Gasteiger partial charge in [0, 0.05) is 16.9 Å². The van der Waals surface area contributed by atoms with Gasteiger partial charge in [-0.25, -0.2) is 13.9 Å². The molecule has 0 saturated heterocycles. The lowest BCUT2D eigenvalue weighted by Gasteiger charge is -2.09. The molecule has 24 heavy (non-hydrogen) atoms. The first-order valence-corrected chi connectivity index (χ1v) is 8.37. The second kappa shape index (κ2) is 5.95. The molecule has 0 aromatic heterocycles. The highest BCUT2D eigenvalue weighted by Gasteiger charge is 2.22. The smallest absolute Gasteiger partial charge is 0.274 e. The summed E-state index contributed by atoms with van der Waals surface area (Å²) in [4.78, 5) is 22.6. The number of hydrogen-bond donors (Lipinski definition) is 4. The first-order valence-electron chi connectivity index (χ1n) is 6.89. The summed E-state index contributed by atoms with van der Waals surface area (Å²) in [6.45, 7) is 0. The van der Waals surface area contributed by atoms with Crippen molar-refractivity contribution in [2.24, 2.45) is 0 Å². The zero-order chi connectivity index (χ0) is 17.3. The Labute approximate surface area is 137 Å². The van der Waals surface area contributed by atoms with Gasteiger partial charge >= 0.3 is 0 Å². The topological polar surface area (TPSA) is 125 Å². The number of rotatable bonds is 4. The van der Waals surface area contributed by atoms with Crippen molar-refractivity contribution in [2.45, 2.75) is 11.3 Å². The molecule has 1 heterocycles. The molecule has 9 heteroatoms. The number of hydroxylamine groups is 1. The van der Waals surface area contributed by atoms with Crippen LogP contribution in [0, 0.1) is 0 Å². The van der Waals surface area contributed by atoms with Crippen LogP contribution in [0.3, 0.4) is 0 Å². The molecule has 0 radical (unpaired) electrons. The Morgan fingerprint density at radius 2 is 1.83 bits per heavy atom. The van der Waals surface area contributed by atoms with Crippen LogP contribution in [0.15, 0.2) is 47.4 Å². The summed E-state index contributed by atoms with van der Waals surface area (Å²) in [7, 11) is -3.83. The maximum Gasteiger partial charge on any atom is 0.274 e. The molecule has 1 aliphatic heterocycles. The lowest BCUT2D eigenvalue weighted by atomic mass is 10.2. The number of fused-ring (bicyclic) bond motifs is 1. The van der Waals surface area contributed by atoms with Crippen LogP contribution in [0.2, 0.25) is 0 Å². The van der Waals surface area contributed by atoms with Crippen LogP contribution in [0.25, 0.3) is 0 Å². The van der Waals surface area contributed by atoms with Crippen LogP contribution in [-0.2, 0) is 21.2 Å². The van der Waals surface area contributed by atoms with Crippen molar-refractivity contribution in [2.75, 3.05) is 10.0 Å². The highest BCUT2D eigenvalue weighted by atomic mass is 32.2. The molecule has 124 valence electrons. The van der Waals surface area contributed by atoms with Crippen LogP contribution >= 0.6 is 0 Å². The van der Waals surface area contributed by atoms with E-state index in [9.17, 15) is 18.0 Å². The van der Waals surface area contributed by atoms with Gasteiger partial charge in [0.1, 0.15) is 0 Å². The van der Waals surface area contributed by atoms with E-state index < -0.39 is 15.9 Å². The summed E-state index contributed by atoms with van der Waals surface area (Å²) in [5.41, 5.74) is 3.17. The standard InChI is InChI=1S/C15H13N3O5S/c19-14-8-10-7-12(5-6-13(10)16-14)24(22,23)18-11-3-1-9(2-4-11)15(20)17-21/h1-7,18,21H,8H2,(H,16,19)(H,17,20). The Hall–Kier alpha value is -2.91. The summed E-state index contributed by atoms with van der Waals surface area (Å²) in [5.74, 6) is -0.870. The van der Waals surface area contributed by atoms with Crippen LogP contribution < -0.4 is 15.5 Å². The molecule has 2 amide bonds. The molecule has 0 atom stereocenters. The first-order chi connectivity index (χ1) is 11.4. The third kappa shape index (κ3) is 3.07. The van der Waals surface area contributed by atoms with Crippen molar-refractivity contribution in [3.63, 3.8) is 0 Å². The normalized spacial score (nSPS) is 13.1. The average Bonchev–Trinajstić information content (AvgIpc) is 2.93. The highest BCUT2D eigenvalue weighted by Crippen LogP contribution is 2.26. The van der Waals surface area contributed by atoms with Gasteiger partial charge in [0.25, 0.3) is 15.9 Å². The Bertz CT molecular complexity index is 923. The summed E-state index contributed by atoms with van der Waals surface area (Å²) < 4.78 is 27.2. The fraction of sp³-hybridized carbons (Fsp3) is 0.0667. The molecule has 0 fully saturated rings. The minimum atomic E-state index is -3.83. The highest BCUT2D eigenvalue weighted by molar-refractivity contribution is 7.92. The van der Waals surface area contributed by atoms with Gasteiger partial charge in [-0.15, -0.1) is 0 Å². The van der Waals surface area contributed by atoms with Crippen molar-refractivity contribution in [3.05, 3.63) is 53.6 Å². The number of nitrogens with one attached hydrogen (secondary N) is 3. The Morgan fingerprint density at radius 1 is 1.12 bits per heavy atom. The predicted octanol–water partition coefficient (Wildman–Crippen LogP) is 1.10. The number of benzene rings is 2. The van der Waals surface area contributed by atoms with E-state index in [1.807, 2.05) is 0 Å². The average molecular weight is 347 g/mol.